The summed E-state index contributed by atoms with van der Waals surface area (Å²) >= 11 is 0. The molecule has 1 aliphatic carbocycles. The predicted molar refractivity (Wildman–Crippen MR) is 65.5 cm³/mol. The van der Waals surface area contributed by atoms with E-state index < -0.39 is 0 Å². The molecule has 1 aromatic carbocycles. The minimum absolute atomic E-state index is 0.106. The summed E-state index contributed by atoms with van der Waals surface area (Å²) in [6.07, 6.45) is 2.51. The summed E-state index contributed by atoms with van der Waals surface area (Å²) in [4.78, 5) is 11.6. The largest absolute Gasteiger partial charge is 0.491 e. The van der Waals surface area contributed by atoms with Crippen molar-refractivity contribution in [3.8, 4) is 5.75 Å². The predicted octanol–water partition coefficient (Wildman–Crippen LogP) is 3.14. The van der Waals surface area contributed by atoms with Gasteiger partial charge >= 0.3 is 5.97 Å². The summed E-state index contributed by atoms with van der Waals surface area (Å²) < 4.78 is 10.4. The number of hydrogen-bond donors (Lipinski definition) is 0. The second kappa shape index (κ2) is 4.78. The van der Waals surface area contributed by atoms with Gasteiger partial charge in [0, 0.05) is 0 Å². The number of rotatable bonds is 4. The molecule has 1 aromatic rings. The van der Waals surface area contributed by atoms with Crippen LogP contribution in [-0.2, 0) is 4.74 Å². The quantitative estimate of drug-likeness (QED) is 0.751. The summed E-state index contributed by atoms with van der Waals surface area (Å²) in [5.74, 6) is 1.04. The third-order valence-electron chi connectivity index (χ3n) is 2.77. The molecule has 0 aliphatic heterocycles. The third-order valence-corrected chi connectivity index (χ3v) is 2.77. The number of carbonyl (C=O) groups excluding carboxylic acids is 1. The highest BCUT2D eigenvalue weighted by molar-refractivity contribution is 5.90. The highest BCUT2D eigenvalue weighted by Gasteiger charge is 2.25. The molecular weight excluding hydrogens is 216 g/mol. The molecular formula is C14H18O3. The van der Waals surface area contributed by atoms with Gasteiger partial charge in [0.05, 0.1) is 18.8 Å². The first kappa shape index (κ1) is 12.0. The fourth-order valence-corrected chi connectivity index (χ4v) is 1.85. The number of carbonyl (C=O) groups is 1. The highest BCUT2D eigenvalue weighted by Crippen LogP contribution is 2.41. The summed E-state index contributed by atoms with van der Waals surface area (Å²) in [7, 11) is 1.40. The molecule has 0 saturated heterocycles. The van der Waals surface area contributed by atoms with Crippen LogP contribution >= 0.6 is 0 Å². The van der Waals surface area contributed by atoms with Crippen molar-refractivity contribution in [1.82, 2.24) is 0 Å². The standard InChI is InChI=1S/C14H18O3/c1-9(2)17-13-7-11(10-4-5-10)6-12(8-13)14(15)16-3/h6-10H,4-5H2,1-3H3. The Morgan fingerprint density at radius 2 is 2.00 bits per heavy atom. The van der Waals surface area contributed by atoms with E-state index in [2.05, 4.69) is 0 Å². The molecule has 1 aliphatic rings. The molecule has 0 unspecified atom stereocenters. The van der Waals surface area contributed by atoms with Gasteiger partial charge in [-0.3, -0.25) is 0 Å². The lowest BCUT2D eigenvalue weighted by Crippen LogP contribution is -2.08. The van der Waals surface area contributed by atoms with Crippen molar-refractivity contribution >= 4 is 5.97 Å². The molecule has 2 rings (SSSR count). The zero-order valence-electron chi connectivity index (χ0n) is 10.5. The Hall–Kier alpha value is -1.51. The van der Waals surface area contributed by atoms with E-state index >= 15 is 0 Å². The first-order valence-corrected chi connectivity index (χ1v) is 6.00. The number of ether oxygens (including phenoxy) is 2. The van der Waals surface area contributed by atoms with E-state index in [0.29, 0.717) is 11.5 Å². The molecule has 1 fully saturated rings. The van der Waals surface area contributed by atoms with Gasteiger partial charge < -0.3 is 9.47 Å². The van der Waals surface area contributed by atoms with Gasteiger partial charge in [-0.05, 0) is 56.4 Å². The number of esters is 1. The van der Waals surface area contributed by atoms with Crippen LogP contribution in [-0.4, -0.2) is 19.2 Å². The molecule has 0 aromatic heterocycles. The van der Waals surface area contributed by atoms with Crippen molar-refractivity contribution in [2.24, 2.45) is 0 Å². The average Bonchev–Trinajstić information content (AvgIpc) is 3.10. The number of hydrogen-bond acceptors (Lipinski definition) is 3. The Kier molecular flexibility index (Phi) is 3.36. The van der Waals surface area contributed by atoms with Gasteiger partial charge in [-0.25, -0.2) is 4.79 Å². The van der Waals surface area contributed by atoms with Crippen LogP contribution in [0.2, 0.25) is 0 Å². The smallest absolute Gasteiger partial charge is 0.337 e. The molecule has 0 amide bonds. The maximum atomic E-state index is 11.6. The lowest BCUT2D eigenvalue weighted by Gasteiger charge is -2.12. The van der Waals surface area contributed by atoms with Crippen LogP contribution in [0, 0.1) is 0 Å². The minimum atomic E-state index is -0.305. The fourth-order valence-electron chi connectivity index (χ4n) is 1.85. The summed E-state index contributed by atoms with van der Waals surface area (Å²) in [5.41, 5.74) is 1.76. The van der Waals surface area contributed by atoms with Crippen molar-refractivity contribution in [3.63, 3.8) is 0 Å². The van der Waals surface area contributed by atoms with Crippen LogP contribution in [0.1, 0.15) is 48.5 Å². The Balaban J connectivity index is 2.31. The molecule has 0 radical (unpaired) electrons. The maximum absolute atomic E-state index is 11.6. The van der Waals surface area contributed by atoms with Crippen LogP contribution < -0.4 is 4.74 Å². The van der Waals surface area contributed by atoms with E-state index in [0.717, 1.165) is 5.75 Å². The second-order valence-corrected chi connectivity index (χ2v) is 4.72. The van der Waals surface area contributed by atoms with Gasteiger partial charge in [-0.15, -0.1) is 0 Å². The molecule has 0 spiro atoms. The van der Waals surface area contributed by atoms with Crippen molar-refractivity contribution in [2.75, 3.05) is 7.11 Å². The Morgan fingerprint density at radius 1 is 1.29 bits per heavy atom. The molecule has 0 atom stereocenters. The average molecular weight is 234 g/mol. The first-order valence-electron chi connectivity index (χ1n) is 6.00. The second-order valence-electron chi connectivity index (χ2n) is 4.72. The van der Waals surface area contributed by atoms with E-state index in [9.17, 15) is 4.79 Å². The lowest BCUT2D eigenvalue weighted by molar-refractivity contribution is 0.0600. The highest BCUT2D eigenvalue weighted by atomic mass is 16.5. The van der Waals surface area contributed by atoms with E-state index in [4.69, 9.17) is 9.47 Å². The summed E-state index contributed by atoms with van der Waals surface area (Å²) in [6, 6.07) is 5.69. The number of benzene rings is 1. The van der Waals surface area contributed by atoms with Crippen molar-refractivity contribution in [1.29, 1.82) is 0 Å². The topological polar surface area (TPSA) is 35.5 Å². The Labute approximate surface area is 102 Å². The van der Waals surface area contributed by atoms with Gasteiger partial charge in [0.1, 0.15) is 5.75 Å². The van der Waals surface area contributed by atoms with Gasteiger partial charge in [0.2, 0.25) is 0 Å². The molecule has 3 nitrogen and oxygen atoms in total. The Morgan fingerprint density at radius 3 is 2.53 bits per heavy atom. The molecule has 3 heteroatoms. The van der Waals surface area contributed by atoms with E-state index in [1.54, 1.807) is 6.07 Å². The zero-order valence-corrected chi connectivity index (χ0v) is 10.5. The van der Waals surface area contributed by atoms with Crippen molar-refractivity contribution < 1.29 is 14.3 Å². The van der Waals surface area contributed by atoms with Gasteiger partial charge in [-0.1, -0.05) is 0 Å². The van der Waals surface area contributed by atoms with Crippen LogP contribution in [0.15, 0.2) is 18.2 Å². The van der Waals surface area contributed by atoms with Crippen LogP contribution in [0.25, 0.3) is 0 Å². The molecule has 0 heterocycles. The van der Waals surface area contributed by atoms with Crippen LogP contribution in [0.4, 0.5) is 0 Å². The van der Waals surface area contributed by atoms with E-state index in [1.807, 2.05) is 26.0 Å². The van der Waals surface area contributed by atoms with Crippen LogP contribution in [0.3, 0.4) is 0 Å². The monoisotopic (exact) mass is 234 g/mol. The zero-order chi connectivity index (χ0) is 12.4. The molecule has 92 valence electrons. The van der Waals surface area contributed by atoms with Crippen LogP contribution in [0.5, 0.6) is 5.75 Å². The van der Waals surface area contributed by atoms with Gasteiger partial charge in [0.25, 0.3) is 0 Å². The van der Waals surface area contributed by atoms with Crippen molar-refractivity contribution in [2.45, 2.75) is 38.7 Å². The Bertz CT molecular complexity index is 419. The minimum Gasteiger partial charge on any atom is -0.491 e. The van der Waals surface area contributed by atoms with E-state index in [1.165, 1.54) is 25.5 Å². The van der Waals surface area contributed by atoms with Gasteiger partial charge in [-0.2, -0.15) is 0 Å². The van der Waals surface area contributed by atoms with E-state index in [-0.39, 0.29) is 12.1 Å². The van der Waals surface area contributed by atoms with Crippen molar-refractivity contribution in [3.05, 3.63) is 29.3 Å². The SMILES string of the molecule is COC(=O)c1cc(OC(C)C)cc(C2CC2)c1. The lowest BCUT2D eigenvalue weighted by atomic mass is 10.1. The number of methoxy groups -OCH3 is 1. The maximum Gasteiger partial charge on any atom is 0.337 e. The fraction of sp³-hybridized carbons (Fsp3) is 0.500. The van der Waals surface area contributed by atoms with Gasteiger partial charge in [0.15, 0.2) is 0 Å². The normalized spacial score (nSPS) is 14.8. The molecule has 1 saturated carbocycles. The molecule has 0 N–H and O–H groups in total. The summed E-state index contributed by atoms with van der Waals surface area (Å²) in [5, 5.41) is 0. The molecule has 17 heavy (non-hydrogen) atoms. The molecule has 0 bridgehead atoms. The third kappa shape index (κ3) is 2.99. The summed E-state index contributed by atoms with van der Waals surface area (Å²) in [6.45, 7) is 3.95. The first-order chi connectivity index (χ1) is 8.10.